The lowest BCUT2D eigenvalue weighted by Crippen LogP contribution is -2.04. The lowest BCUT2D eigenvalue weighted by atomic mass is 9.94. The first-order valence-corrected chi connectivity index (χ1v) is 4.42. The minimum Gasteiger partial charge on any atom is -0.198 e. The van der Waals surface area contributed by atoms with Crippen LogP contribution in [0.5, 0.6) is 0 Å². The van der Waals surface area contributed by atoms with Gasteiger partial charge in [0.2, 0.25) is 0 Å². The van der Waals surface area contributed by atoms with E-state index in [1.54, 1.807) is 0 Å². The van der Waals surface area contributed by atoms with Crippen molar-refractivity contribution >= 4 is 0 Å². The summed E-state index contributed by atoms with van der Waals surface area (Å²) in [6.45, 7) is 3.82. The molecule has 64 valence electrons. The van der Waals surface area contributed by atoms with E-state index in [1.165, 1.54) is 5.56 Å². The van der Waals surface area contributed by atoms with Crippen LogP contribution in [-0.2, 0) is 5.41 Å². The molecule has 2 unspecified atom stereocenters. The second-order valence-corrected chi connectivity index (χ2v) is 3.50. The lowest BCUT2D eigenvalue weighted by molar-refractivity contribution is 0.835. The van der Waals surface area contributed by atoms with E-state index in [9.17, 15) is 0 Å². The molecule has 1 saturated carbocycles. The van der Waals surface area contributed by atoms with Gasteiger partial charge in [-0.05, 0) is 12.0 Å². The number of rotatable bonds is 2. The third kappa shape index (κ3) is 1.07. The van der Waals surface area contributed by atoms with Gasteiger partial charge in [-0.3, -0.25) is 0 Å². The number of nitrogens with zero attached hydrogens (tertiary/aromatic N) is 1. The van der Waals surface area contributed by atoms with Crippen LogP contribution in [0.2, 0.25) is 0 Å². The maximum absolute atomic E-state index is 8.84. The Morgan fingerprint density at radius 1 is 1.46 bits per heavy atom. The summed E-state index contributed by atoms with van der Waals surface area (Å²) in [7, 11) is 0. The monoisotopic (exact) mass is 169 g/mol. The van der Waals surface area contributed by atoms with E-state index in [0.717, 1.165) is 6.42 Å². The number of hydrogen-bond donors (Lipinski definition) is 0. The zero-order valence-corrected chi connectivity index (χ0v) is 7.40. The van der Waals surface area contributed by atoms with Crippen molar-refractivity contribution in [2.75, 3.05) is 0 Å². The fraction of sp³-hybridized carbons (Fsp3) is 0.250. The summed E-state index contributed by atoms with van der Waals surface area (Å²) in [6.07, 6.45) is 2.84. The normalized spacial score (nSPS) is 30.5. The van der Waals surface area contributed by atoms with Gasteiger partial charge >= 0.3 is 0 Å². The second kappa shape index (κ2) is 2.74. The molecule has 1 heteroatoms. The Hall–Kier alpha value is -1.55. The van der Waals surface area contributed by atoms with Crippen LogP contribution in [0.3, 0.4) is 0 Å². The highest BCUT2D eigenvalue weighted by atomic mass is 14.6. The van der Waals surface area contributed by atoms with Crippen LogP contribution in [0, 0.1) is 17.2 Å². The van der Waals surface area contributed by atoms with E-state index in [0.29, 0.717) is 0 Å². The Labute approximate surface area is 78.3 Å². The van der Waals surface area contributed by atoms with Gasteiger partial charge < -0.3 is 0 Å². The smallest absolute Gasteiger partial charge is 0.0668 e. The Morgan fingerprint density at radius 2 is 2.15 bits per heavy atom. The van der Waals surface area contributed by atoms with Crippen molar-refractivity contribution in [3.8, 4) is 6.07 Å². The van der Waals surface area contributed by atoms with E-state index >= 15 is 0 Å². The summed E-state index contributed by atoms with van der Waals surface area (Å²) in [5.41, 5.74) is 1.17. The molecule has 0 spiro atoms. The molecule has 13 heavy (non-hydrogen) atoms. The third-order valence-electron chi connectivity index (χ3n) is 2.83. The Kier molecular flexibility index (Phi) is 1.70. The molecule has 2 rings (SSSR count). The van der Waals surface area contributed by atoms with Gasteiger partial charge in [0.1, 0.15) is 0 Å². The van der Waals surface area contributed by atoms with Crippen LogP contribution in [0.15, 0.2) is 43.0 Å². The Morgan fingerprint density at radius 3 is 2.62 bits per heavy atom. The molecular formula is C12H11N. The number of hydrogen-bond acceptors (Lipinski definition) is 1. The van der Waals surface area contributed by atoms with Crippen molar-refractivity contribution in [1.82, 2.24) is 0 Å². The van der Waals surface area contributed by atoms with E-state index < -0.39 is 0 Å². The summed E-state index contributed by atoms with van der Waals surface area (Å²) in [4.78, 5) is 0. The summed E-state index contributed by atoms with van der Waals surface area (Å²) in [5, 5.41) is 8.84. The average Bonchev–Trinajstić information content (AvgIpc) is 2.94. The van der Waals surface area contributed by atoms with Gasteiger partial charge in [-0.25, -0.2) is 0 Å². The van der Waals surface area contributed by atoms with Crippen molar-refractivity contribution in [1.29, 1.82) is 5.26 Å². The SMILES string of the molecule is C=CC1(c2ccccc2)CC1C#N. The van der Waals surface area contributed by atoms with Gasteiger partial charge in [0.05, 0.1) is 12.0 Å². The highest BCUT2D eigenvalue weighted by Crippen LogP contribution is 2.54. The molecule has 1 aliphatic rings. The molecule has 0 saturated heterocycles. The molecule has 1 aromatic carbocycles. The maximum Gasteiger partial charge on any atom is 0.0668 e. The van der Waals surface area contributed by atoms with Gasteiger partial charge in [-0.2, -0.15) is 5.26 Å². The molecule has 0 aromatic heterocycles. The molecular weight excluding hydrogens is 158 g/mol. The molecule has 2 atom stereocenters. The highest BCUT2D eigenvalue weighted by Gasteiger charge is 2.53. The van der Waals surface area contributed by atoms with E-state index in [-0.39, 0.29) is 11.3 Å². The van der Waals surface area contributed by atoms with Crippen LogP contribution in [0.25, 0.3) is 0 Å². The van der Waals surface area contributed by atoms with Crippen LogP contribution < -0.4 is 0 Å². The topological polar surface area (TPSA) is 23.8 Å². The first-order valence-electron chi connectivity index (χ1n) is 4.42. The minimum atomic E-state index is -0.0456. The molecule has 1 aliphatic carbocycles. The van der Waals surface area contributed by atoms with E-state index in [2.05, 4.69) is 24.8 Å². The van der Waals surface area contributed by atoms with E-state index in [1.807, 2.05) is 24.3 Å². The van der Waals surface area contributed by atoms with Gasteiger partial charge in [-0.1, -0.05) is 36.4 Å². The average molecular weight is 169 g/mol. The summed E-state index contributed by atoms with van der Waals surface area (Å²) >= 11 is 0. The second-order valence-electron chi connectivity index (χ2n) is 3.50. The molecule has 0 N–H and O–H groups in total. The van der Waals surface area contributed by atoms with Gasteiger partial charge in [0, 0.05) is 5.41 Å². The molecule has 1 aromatic rings. The standard InChI is InChI=1S/C12H11N/c1-2-12(8-11(12)9-13)10-6-4-3-5-7-10/h2-7,11H,1,8H2. The number of nitriles is 1. The number of benzene rings is 1. The first-order chi connectivity index (χ1) is 6.33. The highest BCUT2D eigenvalue weighted by molar-refractivity contribution is 5.42. The molecule has 1 fully saturated rings. The summed E-state index contributed by atoms with van der Waals surface area (Å²) in [5.74, 6) is 0.132. The molecule has 0 amide bonds. The lowest BCUT2D eigenvalue weighted by Gasteiger charge is -2.09. The van der Waals surface area contributed by atoms with Crippen molar-refractivity contribution < 1.29 is 0 Å². The quantitative estimate of drug-likeness (QED) is 0.624. The third-order valence-corrected chi connectivity index (χ3v) is 2.83. The summed E-state index contributed by atoms with van der Waals surface area (Å²) in [6, 6.07) is 12.4. The van der Waals surface area contributed by atoms with Crippen LogP contribution in [0.4, 0.5) is 0 Å². The first kappa shape index (κ1) is 8.07. The fourth-order valence-electron chi connectivity index (χ4n) is 1.85. The van der Waals surface area contributed by atoms with Crippen molar-refractivity contribution in [3.05, 3.63) is 48.6 Å². The number of allylic oxidation sites excluding steroid dienone is 1. The predicted molar refractivity (Wildman–Crippen MR) is 52.0 cm³/mol. The van der Waals surface area contributed by atoms with Gasteiger partial charge in [0.15, 0.2) is 0 Å². The molecule has 0 radical (unpaired) electrons. The molecule has 0 heterocycles. The molecule has 0 aliphatic heterocycles. The maximum atomic E-state index is 8.84. The van der Waals surface area contributed by atoms with Crippen LogP contribution in [-0.4, -0.2) is 0 Å². The Bertz CT molecular complexity index is 360. The van der Waals surface area contributed by atoms with Crippen LogP contribution >= 0.6 is 0 Å². The predicted octanol–water partition coefficient (Wildman–Crippen LogP) is 2.65. The fourth-order valence-corrected chi connectivity index (χ4v) is 1.85. The van der Waals surface area contributed by atoms with Gasteiger partial charge in [0.25, 0.3) is 0 Å². The molecule has 1 nitrogen and oxygen atoms in total. The van der Waals surface area contributed by atoms with Crippen molar-refractivity contribution in [3.63, 3.8) is 0 Å². The molecule has 0 bridgehead atoms. The van der Waals surface area contributed by atoms with Crippen molar-refractivity contribution in [2.45, 2.75) is 11.8 Å². The zero-order valence-electron chi connectivity index (χ0n) is 7.40. The van der Waals surface area contributed by atoms with Crippen molar-refractivity contribution in [2.24, 2.45) is 5.92 Å². The largest absolute Gasteiger partial charge is 0.198 e. The minimum absolute atomic E-state index is 0.0456. The van der Waals surface area contributed by atoms with Crippen LogP contribution in [0.1, 0.15) is 12.0 Å². The zero-order chi connectivity index (χ0) is 9.31. The van der Waals surface area contributed by atoms with E-state index in [4.69, 9.17) is 5.26 Å². The Balaban J connectivity index is 2.37. The van der Waals surface area contributed by atoms with Gasteiger partial charge in [-0.15, -0.1) is 6.58 Å². The summed E-state index contributed by atoms with van der Waals surface area (Å²) < 4.78 is 0.